The molecule has 0 atom stereocenters. The number of benzene rings is 2. The Labute approximate surface area is 170 Å². The van der Waals surface area contributed by atoms with Gasteiger partial charge in [-0.2, -0.15) is 5.10 Å². The summed E-state index contributed by atoms with van der Waals surface area (Å²) in [7, 11) is -2.14. The molecule has 1 amide bonds. The maximum absolute atomic E-state index is 12.4. The van der Waals surface area contributed by atoms with Crippen LogP contribution in [0.3, 0.4) is 0 Å². The van der Waals surface area contributed by atoms with Gasteiger partial charge in [-0.05, 0) is 55.8 Å². The average Bonchev–Trinajstić information content (AvgIpc) is 2.70. The summed E-state index contributed by atoms with van der Waals surface area (Å²) in [6.45, 7) is 2.86. The van der Waals surface area contributed by atoms with E-state index in [-0.39, 0.29) is 12.3 Å². The molecule has 0 spiro atoms. The first-order valence-electron chi connectivity index (χ1n) is 8.50. The van der Waals surface area contributed by atoms with E-state index >= 15 is 0 Å². The normalized spacial score (nSPS) is 11.8. The number of carbonyl (C=O) groups excluding carboxylic acids is 1. The number of sulfonamides is 1. The molecule has 0 aliphatic heterocycles. The highest BCUT2D eigenvalue weighted by Crippen LogP contribution is 2.22. The molecule has 0 saturated heterocycles. The standard InChI is InChI=1S/C19H22ClN3O4S/c1-4-28(25,26)23(17-9-11-18(27-3)12-10-17)13-19(24)22-21-14(2)15-5-7-16(20)8-6-15/h5-12H,4,13H2,1-3H3,(H,22,24)/b21-14-. The summed E-state index contributed by atoms with van der Waals surface area (Å²) in [6, 6.07) is 13.4. The van der Waals surface area contributed by atoms with Crippen LogP contribution in [-0.2, 0) is 14.8 Å². The van der Waals surface area contributed by atoms with Crippen molar-refractivity contribution in [3.8, 4) is 5.75 Å². The van der Waals surface area contributed by atoms with Crippen LogP contribution in [0.15, 0.2) is 53.6 Å². The number of hydrogen-bond acceptors (Lipinski definition) is 5. The van der Waals surface area contributed by atoms with E-state index in [9.17, 15) is 13.2 Å². The van der Waals surface area contributed by atoms with Gasteiger partial charge in [0, 0.05) is 5.02 Å². The Balaban J connectivity index is 2.15. The minimum Gasteiger partial charge on any atom is -0.497 e. The molecule has 0 aromatic heterocycles. The predicted molar refractivity (Wildman–Crippen MR) is 112 cm³/mol. The third-order valence-electron chi connectivity index (χ3n) is 3.96. The fraction of sp³-hybridized carbons (Fsp3) is 0.263. The molecular formula is C19H22ClN3O4S. The summed E-state index contributed by atoms with van der Waals surface area (Å²) < 4.78 is 31.0. The summed E-state index contributed by atoms with van der Waals surface area (Å²) in [4.78, 5) is 12.3. The second kappa shape index (κ2) is 9.57. The summed E-state index contributed by atoms with van der Waals surface area (Å²) in [6.07, 6.45) is 0. The molecule has 0 saturated carbocycles. The van der Waals surface area contributed by atoms with E-state index in [0.29, 0.717) is 22.2 Å². The van der Waals surface area contributed by atoms with Crippen molar-refractivity contribution >= 4 is 38.9 Å². The molecule has 0 aliphatic carbocycles. The van der Waals surface area contributed by atoms with Crippen LogP contribution >= 0.6 is 11.6 Å². The molecular weight excluding hydrogens is 402 g/mol. The van der Waals surface area contributed by atoms with E-state index in [2.05, 4.69) is 10.5 Å². The highest BCUT2D eigenvalue weighted by atomic mass is 35.5. The third kappa shape index (κ3) is 5.71. The maximum atomic E-state index is 12.4. The average molecular weight is 424 g/mol. The first kappa shape index (κ1) is 21.7. The topological polar surface area (TPSA) is 88.1 Å². The molecule has 0 unspecified atom stereocenters. The highest BCUT2D eigenvalue weighted by molar-refractivity contribution is 7.92. The van der Waals surface area contributed by atoms with Crippen LogP contribution in [0.2, 0.25) is 5.02 Å². The molecule has 7 nitrogen and oxygen atoms in total. The molecule has 2 aromatic rings. The van der Waals surface area contributed by atoms with Gasteiger partial charge in [0.25, 0.3) is 5.91 Å². The largest absolute Gasteiger partial charge is 0.497 e. The number of ether oxygens (including phenoxy) is 1. The molecule has 0 radical (unpaired) electrons. The van der Waals surface area contributed by atoms with Crippen LogP contribution in [0.25, 0.3) is 0 Å². The fourth-order valence-electron chi connectivity index (χ4n) is 2.32. The Bertz CT molecular complexity index is 942. The van der Waals surface area contributed by atoms with Gasteiger partial charge in [0.05, 0.1) is 24.3 Å². The summed E-state index contributed by atoms with van der Waals surface area (Å²) in [5.74, 6) is -0.106. The Morgan fingerprint density at radius 2 is 1.75 bits per heavy atom. The van der Waals surface area contributed by atoms with Crippen LogP contribution in [0, 0.1) is 0 Å². The third-order valence-corrected chi connectivity index (χ3v) is 5.95. The lowest BCUT2D eigenvalue weighted by Gasteiger charge is -2.23. The van der Waals surface area contributed by atoms with Gasteiger partial charge in [-0.15, -0.1) is 0 Å². The number of nitrogens with one attached hydrogen (secondary N) is 1. The number of nitrogens with zero attached hydrogens (tertiary/aromatic N) is 2. The van der Waals surface area contributed by atoms with Crippen LogP contribution in [0.5, 0.6) is 5.75 Å². The quantitative estimate of drug-likeness (QED) is 0.522. The fourth-order valence-corrected chi connectivity index (χ4v) is 3.52. The predicted octanol–water partition coefficient (Wildman–Crippen LogP) is 3.05. The Morgan fingerprint density at radius 3 is 2.29 bits per heavy atom. The zero-order valence-corrected chi connectivity index (χ0v) is 17.4. The molecule has 28 heavy (non-hydrogen) atoms. The SMILES string of the molecule is CCS(=O)(=O)N(CC(=O)N/N=C(/C)c1ccc(Cl)cc1)c1ccc(OC)cc1. The first-order valence-corrected chi connectivity index (χ1v) is 10.5. The van der Waals surface area contributed by atoms with Crippen molar-refractivity contribution in [1.82, 2.24) is 5.43 Å². The highest BCUT2D eigenvalue weighted by Gasteiger charge is 2.23. The Hall–Kier alpha value is -2.58. The molecule has 9 heteroatoms. The number of hydrazone groups is 1. The van der Waals surface area contributed by atoms with Gasteiger partial charge in [0.1, 0.15) is 12.3 Å². The zero-order chi connectivity index (χ0) is 20.7. The molecule has 2 rings (SSSR count). The Morgan fingerprint density at radius 1 is 1.14 bits per heavy atom. The van der Waals surface area contributed by atoms with Crippen molar-refractivity contribution in [2.45, 2.75) is 13.8 Å². The van der Waals surface area contributed by atoms with Gasteiger partial charge in [0.2, 0.25) is 10.0 Å². The second-order valence-electron chi connectivity index (χ2n) is 5.84. The number of rotatable bonds is 8. The number of amides is 1. The number of hydrogen-bond donors (Lipinski definition) is 1. The lowest BCUT2D eigenvalue weighted by molar-refractivity contribution is -0.119. The van der Waals surface area contributed by atoms with Crippen molar-refractivity contribution in [3.05, 3.63) is 59.1 Å². The molecule has 0 fully saturated rings. The summed E-state index contributed by atoms with van der Waals surface area (Å²) >= 11 is 5.85. The lowest BCUT2D eigenvalue weighted by atomic mass is 10.1. The molecule has 0 heterocycles. The van der Waals surface area contributed by atoms with E-state index in [0.717, 1.165) is 9.87 Å². The number of methoxy groups -OCH3 is 1. The maximum Gasteiger partial charge on any atom is 0.260 e. The van der Waals surface area contributed by atoms with Gasteiger partial charge in [-0.25, -0.2) is 13.8 Å². The summed E-state index contributed by atoms with van der Waals surface area (Å²) in [5.41, 5.74) is 4.13. The van der Waals surface area contributed by atoms with E-state index in [4.69, 9.17) is 16.3 Å². The van der Waals surface area contributed by atoms with Crippen molar-refractivity contribution in [1.29, 1.82) is 0 Å². The van der Waals surface area contributed by atoms with E-state index < -0.39 is 15.9 Å². The van der Waals surface area contributed by atoms with Gasteiger partial charge >= 0.3 is 0 Å². The smallest absolute Gasteiger partial charge is 0.260 e. The van der Waals surface area contributed by atoms with E-state index in [1.807, 2.05) is 0 Å². The van der Waals surface area contributed by atoms with Gasteiger partial charge in [-0.3, -0.25) is 9.10 Å². The second-order valence-corrected chi connectivity index (χ2v) is 8.46. The molecule has 0 aliphatic rings. The van der Waals surface area contributed by atoms with Crippen LogP contribution in [-0.4, -0.2) is 39.4 Å². The van der Waals surface area contributed by atoms with Crippen molar-refractivity contribution in [2.24, 2.45) is 5.10 Å². The Kier molecular flexibility index (Phi) is 7.42. The number of anilines is 1. The monoisotopic (exact) mass is 423 g/mol. The van der Waals surface area contributed by atoms with Crippen molar-refractivity contribution < 1.29 is 17.9 Å². The minimum atomic E-state index is -3.65. The molecule has 2 aromatic carbocycles. The number of halogens is 1. The van der Waals surface area contributed by atoms with Gasteiger partial charge in [0.15, 0.2) is 0 Å². The zero-order valence-electron chi connectivity index (χ0n) is 15.8. The first-order chi connectivity index (χ1) is 13.3. The summed E-state index contributed by atoms with van der Waals surface area (Å²) in [5, 5.41) is 4.64. The lowest BCUT2D eigenvalue weighted by Crippen LogP contribution is -2.40. The van der Waals surface area contributed by atoms with E-state index in [1.54, 1.807) is 55.5 Å². The molecule has 1 N–H and O–H groups in total. The van der Waals surface area contributed by atoms with Crippen molar-refractivity contribution in [3.63, 3.8) is 0 Å². The van der Waals surface area contributed by atoms with Gasteiger partial charge < -0.3 is 4.74 Å². The van der Waals surface area contributed by atoms with Crippen LogP contribution < -0.4 is 14.5 Å². The van der Waals surface area contributed by atoms with Crippen LogP contribution in [0.1, 0.15) is 19.4 Å². The van der Waals surface area contributed by atoms with Gasteiger partial charge in [-0.1, -0.05) is 23.7 Å². The molecule has 150 valence electrons. The van der Waals surface area contributed by atoms with Crippen LogP contribution in [0.4, 0.5) is 5.69 Å². The minimum absolute atomic E-state index is 0.140. The van der Waals surface area contributed by atoms with E-state index in [1.165, 1.54) is 14.0 Å². The van der Waals surface area contributed by atoms with Crippen molar-refractivity contribution in [2.75, 3.05) is 23.7 Å². The molecule has 0 bridgehead atoms. The number of carbonyl (C=O) groups is 1.